The van der Waals surface area contributed by atoms with E-state index in [1.165, 1.54) is 16.6 Å². The first-order chi connectivity index (χ1) is 17.3. The first kappa shape index (κ1) is 26.7. The van der Waals surface area contributed by atoms with Crippen LogP contribution in [0.2, 0.25) is 0 Å². The Bertz CT molecular complexity index is 1150. The second-order valence-corrected chi connectivity index (χ2v) is 11.9. The molecule has 3 atom stereocenters. The molecule has 194 valence electrons. The predicted molar refractivity (Wildman–Crippen MR) is 148 cm³/mol. The minimum atomic E-state index is -0.196. The van der Waals surface area contributed by atoms with Crippen molar-refractivity contribution in [1.82, 2.24) is 9.88 Å². The van der Waals surface area contributed by atoms with Crippen LogP contribution in [0.1, 0.15) is 86.0 Å². The molecular weight excluding hydrogens is 469 g/mol. The second kappa shape index (κ2) is 11.8. The zero-order valence-electron chi connectivity index (χ0n) is 22.4. The average molecular weight is 510 g/mol. The van der Waals surface area contributed by atoms with Crippen LogP contribution in [-0.2, 0) is 17.6 Å². The first-order valence-electron chi connectivity index (χ1n) is 13.6. The van der Waals surface area contributed by atoms with Crippen molar-refractivity contribution in [2.24, 2.45) is 16.8 Å². The first-order valence-corrected chi connectivity index (χ1v) is 14.4. The van der Waals surface area contributed by atoms with Gasteiger partial charge < -0.3 is 4.90 Å². The number of halogens is 1. The molecule has 0 spiro atoms. The Labute approximate surface area is 219 Å². The lowest BCUT2D eigenvalue weighted by atomic mass is 9.80. The molecule has 0 N–H and O–H groups in total. The molecule has 36 heavy (non-hydrogen) atoms. The number of aliphatic imine (C=N–C) groups is 1. The van der Waals surface area contributed by atoms with Crippen molar-refractivity contribution in [3.63, 3.8) is 0 Å². The van der Waals surface area contributed by atoms with E-state index in [-0.39, 0.29) is 17.8 Å². The monoisotopic (exact) mass is 509 g/mol. The molecular formula is C30H40FN3OS. The van der Waals surface area contributed by atoms with E-state index in [1.54, 1.807) is 18.3 Å². The number of hydrogen-bond donors (Lipinski definition) is 0. The van der Waals surface area contributed by atoms with E-state index in [2.05, 4.69) is 43.7 Å². The Morgan fingerprint density at radius 1 is 1.28 bits per heavy atom. The minimum Gasteiger partial charge on any atom is -0.350 e. The highest BCUT2D eigenvalue weighted by atomic mass is 32.1. The maximum absolute atomic E-state index is 13.9. The number of unbranched alkanes of at least 4 members (excludes halogenated alkanes) is 2. The quantitative estimate of drug-likeness (QED) is 0.333. The molecule has 1 aromatic carbocycles. The number of nitrogens with zero attached hydrogens (tertiary/aromatic N) is 3. The molecule has 0 saturated carbocycles. The van der Waals surface area contributed by atoms with Gasteiger partial charge in [-0.2, -0.15) is 0 Å². The van der Waals surface area contributed by atoms with Gasteiger partial charge in [-0.1, -0.05) is 32.8 Å². The van der Waals surface area contributed by atoms with Crippen LogP contribution in [-0.4, -0.2) is 34.1 Å². The number of rotatable bonds is 9. The smallest absolute Gasteiger partial charge is 0.155 e. The van der Waals surface area contributed by atoms with E-state index >= 15 is 0 Å². The summed E-state index contributed by atoms with van der Waals surface area (Å²) in [7, 11) is 0. The van der Waals surface area contributed by atoms with Gasteiger partial charge >= 0.3 is 0 Å². The summed E-state index contributed by atoms with van der Waals surface area (Å²) in [6, 6.07) is 5.39. The third-order valence-electron chi connectivity index (χ3n) is 7.85. The minimum absolute atomic E-state index is 0.0140. The Morgan fingerprint density at radius 2 is 2.08 bits per heavy atom. The Balaban J connectivity index is 1.53. The SMILES string of the molecule is CCCCCC1=NC(c2ccc(F)c(C)c2)=CCC(C)N1CC(=O)C(C)C1CCc2nc(C)sc2C1. The predicted octanol–water partition coefficient (Wildman–Crippen LogP) is 7.32. The molecule has 0 saturated heterocycles. The molecule has 0 fully saturated rings. The fourth-order valence-corrected chi connectivity index (χ4v) is 6.49. The topological polar surface area (TPSA) is 45.6 Å². The van der Waals surface area contributed by atoms with Crippen LogP contribution in [0.25, 0.3) is 5.70 Å². The highest BCUT2D eigenvalue weighted by Crippen LogP contribution is 2.34. The van der Waals surface area contributed by atoms with Crippen LogP contribution < -0.4 is 0 Å². The largest absolute Gasteiger partial charge is 0.350 e. The van der Waals surface area contributed by atoms with Crippen molar-refractivity contribution in [1.29, 1.82) is 0 Å². The third-order valence-corrected chi connectivity index (χ3v) is 8.88. The zero-order chi connectivity index (χ0) is 25.8. The summed E-state index contributed by atoms with van der Waals surface area (Å²) in [6.07, 6.45) is 10.1. The van der Waals surface area contributed by atoms with Crippen molar-refractivity contribution in [3.8, 4) is 0 Å². The zero-order valence-corrected chi connectivity index (χ0v) is 23.3. The maximum atomic E-state index is 13.9. The van der Waals surface area contributed by atoms with Crippen LogP contribution in [0, 0.1) is 31.5 Å². The number of ketones is 1. The van der Waals surface area contributed by atoms with E-state index in [9.17, 15) is 9.18 Å². The molecule has 1 aliphatic heterocycles. The molecule has 2 aliphatic rings. The molecule has 2 heterocycles. The van der Waals surface area contributed by atoms with E-state index in [0.717, 1.165) is 73.5 Å². The Morgan fingerprint density at radius 3 is 2.83 bits per heavy atom. The van der Waals surface area contributed by atoms with E-state index in [1.807, 2.05) is 12.1 Å². The molecule has 2 aromatic rings. The number of thiazole rings is 1. The number of benzene rings is 1. The number of aromatic nitrogens is 1. The molecule has 0 radical (unpaired) electrons. The summed E-state index contributed by atoms with van der Waals surface area (Å²) in [4.78, 5) is 27.0. The van der Waals surface area contributed by atoms with Crippen LogP contribution in [0.15, 0.2) is 29.3 Å². The number of carbonyl (C=O) groups excluding carboxylic acids is 1. The van der Waals surface area contributed by atoms with Gasteiger partial charge in [-0.05, 0) is 82.6 Å². The van der Waals surface area contributed by atoms with E-state index in [4.69, 9.17) is 4.99 Å². The highest BCUT2D eigenvalue weighted by Gasteiger charge is 2.32. The third kappa shape index (κ3) is 6.13. The fourth-order valence-electron chi connectivity index (χ4n) is 5.41. The summed E-state index contributed by atoms with van der Waals surface area (Å²) in [5.41, 5.74) is 3.70. The van der Waals surface area contributed by atoms with Gasteiger partial charge in [0.1, 0.15) is 11.7 Å². The van der Waals surface area contributed by atoms with Crippen LogP contribution in [0.4, 0.5) is 4.39 Å². The van der Waals surface area contributed by atoms with Crippen molar-refractivity contribution >= 4 is 28.7 Å². The van der Waals surface area contributed by atoms with E-state index < -0.39 is 0 Å². The van der Waals surface area contributed by atoms with E-state index in [0.29, 0.717) is 23.8 Å². The van der Waals surface area contributed by atoms with Gasteiger partial charge in [-0.25, -0.2) is 14.4 Å². The van der Waals surface area contributed by atoms with Crippen molar-refractivity contribution in [3.05, 3.63) is 56.8 Å². The number of fused-ring (bicyclic) bond motifs is 1. The molecule has 0 bridgehead atoms. The lowest BCUT2D eigenvalue weighted by molar-refractivity contribution is -0.124. The van der Waals surface area contributed by atoms with Gasteiger partial charge in [0.05, 0.1) is 22.9 Å². The Kier molecular flexibility index (Phi) is 8.76. The van der Waals surface area contributed by atoms with Gasteiger partial charge in [0, 0.05) is 28.8 Å². The maximum Gasteiger partial charge on any atom is 0.155 e. The summed E-state index contributed by atoms with van der Waals surface area (Å²) in [6.45, 7) is 10.8. The lowest BCUT2D eigenvalue weighted by Crippen LogP contribution is -2.44. The van der Waals surface area contributed by atoms with Crippen molar-refractivity contribution < 1.29 is 9.18 Å². The summed E-state index contributed by atoms with van der Waals surface area (Å²) in [5.74, 6) is 1.49. The van der Waals surface area contributed by atoms with Crippen LogP contribution >= 0.6 is 11.3 Å². The Hall–Kier alpha value is -2.34. The van der Waals surface area contributed by atoms with Gasteiger partial charge in [0.25, 0.3) is 0 Å². The number of aryl methyl sites for hydroxylation is 3. The van der Waals surface area contributed by atoms with Crippen molar-refractivity contribution in [2.75, 3.05) is 6.54 Å². The fraction of sp³-hybridized carbons (Fsp3) is 0.567. The lowest BCUT2D eigenvalue weighted by Gasteiger charge is -2.33. The molecule has 4 rings (SSSR count). The number of carbonyl (C=O) groups is 1. The number of amidine groups is 1. The summed E-state index contributed by atoms with van der Waals surface area (Å²) < 4.78 is 13.9. The second-order valence-electron chi connectivity index (χ2n) is 10.6. The standard InChI is InChI=1S/C30H40FN3OS/c1-6-7-8-9-30-33-26(24-11-13-25(31)19(2)16-24)14-10-20(3)34(30)18-28(35)21(4)23-12-15-27-29(17-23)36-22(5)32-27/h11,13-14,16,20-21,23H,6-10,12,15,17-18H2,1-5H3. The summed E-state index contributed by atoms with van der Waals surface area (Å²) >= 11 is 1.79. The molecule has 6 heteroatoms. The van der Waals surface area contributed by atoms with Gasteiger partial charge in [0.2, 0.25) is 0 Å². The van der Waals surface area contributed by atoms with Gasteiger partial charge in [-0.15, -0.1) is 11.3 Å². The summed E-state index contributed by atoms with van der Waals surface area (Å²) in [5, 5.41) is 1.13. The van der Waals surface area contributed by atoms with Crippen LogP contribution in [0.5, 0.6) is 0 Å². The van der Waals surface area contributed by atoms with Gasteiger partial charge in [0.15, 0.2) is 5.78 Å². The number of hydrogen-bond acceptors (Lipinski definition) is 5. The number of Topliss-reactive ketones (excluding diaryl/α,β-unsaturated/α-hetero) is 1. The average Bonchev–Trinajstić information content (AvgIpc) is 3.16. The normalized spacial score (nSPS) is 20.9. The van der Waals surface area contributed by atoms with Crippen molar-refractivity contribution in [2.45, 2.75) is 92.0 Å². The van der Waals surface area contributed by atoms with Crippen LogP contribution in [0.3, 0.4) is 0 Å². The molecule has 3 unspecified atom stereocenters. The molecule has 0 amide bonds. The molecule has 4 nitrogen and oxygen atoms in total. The van der Waals surface area contributed by atoms with Gasteiger partial charge in [-0.3, -0.25) is 4.79 Å². The molecule has 1 aromatic heterocycles. The molecule has 1 aliphatic carbocycles. The highest BCUT2D eigenvalue weighted by molar-refractivity contribution is 7.11.